The van der Waals surface area contributed by atoms with E-state index in [0.717, 1.165) is 24.0 Å². The third-order valence-corrected chi connectivity index (χ3v) is 3.47. The molecule has 1 aliphatic heterocycles. The van der Waals surface area contributed by atoms with Crippen LogP contribution in [-0.2, 0) is 16.1 Å². The van der Waals surface area contributed by atoms with Gasteiger partial charge in [-0.05, 0) is 38.3 Å². The summed E-state index contributed by atoms with van der Waals surface area (Å²) in [5, 5.41) is 0. The molecule has 0 radical (unpaired) electrons. The topological polar surface area (TPSA) is 44.5 Å². The zero-order chi connectivity index (χ0) is 14.4. The molecular weight excluding hydrogens is 250 g/mol. The van der Waals surface area contributed by atoms with Crippen LogP contribution in [0, 0.1) is 11.8 Å². The Morgan fingerprint density at radius 3 is 2.65 bits per heavy atom. The van der Waals surface area contributed by atoms with Crippen molar-refractivity contribution in [1.82, 2.24) is 0 Å². The van der Waals surface area contributed by atoms with Crippen LogP contribution < -0.4 is 5.73 Å². The maximum absolute atomic E-state index is 6.05. The highest BCUT2D eigenvalue weighted by molar-refractivity contribution is 5.41. The van der Waals surface area contributed by atoms with Crippen LogP contribution in [0.25, 0.3) is 0 Å². The number of hydrogen-bond acceptors (Lipinski definition) is 3. The van der Waals surface area contributed by atoms with Gasteiger partial charge in [0.05, 0.1) is 31.5 Å². The van der Waals surface area contributed by atoms with Crippen molar-refractivity contribution in [1.29, 1.82) is 0 Å². The van der Waals surface area contributed by atoms with Gasteiger partial charge in [-0.3, -0.25) is 0 Å². The molecule has 2 atom stereocenters. The van der Waals surface area contributed by atoms with Gasteiger partial charge in [0.2, 0.25) is 0 Å². The van der Waals surface area contributed by atoms with E-state index in [2.05, 4.69) is 31.8 Å². The lowest BCUT2D eigenvalue weighted by atomic mass is 10.0. The van der Waals surface area contributed by atoms with Crippen molar-refractivity contribution >= 4 is 0 Å². The first kappa shape index (κ1) is 15.1. The van der Waals surface area contributed by atoms with Gasteiger partial charge in [-0.1, -0.05) is 30.0 Å². The smallest absolute Gasteiger partial charge is 0.0732 e. The van der Waals surface area contributed by atoms with Crippen molar-refractivity contribution in [3.63, 3.8) is 0 Å². The van der Waals surface area contributed by atoms with E-state index in [0.29, 0.717) is 13.2 Å². The Kier molecular flexibility index (Phi) is 5.60. The lowest BCUT2D eigenvalue weighted by molar-refractivity contribution is -0.106. The zero-order valence-corrected chi connectivity index (χ0v) is 12.3. The number of rotatable bonds is 3. The van der Waals surface area contributed by atoms with Crippen LogP contribution >= 0.6 is 0 Å². The highest BCUT2D eigenvalue weighted by Crippen LogP contribution is 2.23. The predicted molar refractivity (Wildman–Crippen MR) is 80.2 cm³/mol. The molecule has 2 N–H and O–H groups in total. The van der Waals surface area contributed by atoms with Gasteiger partial charge in [0.1, 0.15) is 0 Å². The molecule has 2 unspecified atom stereocenters. The molecular formula is C17H23NO2. The van der Waals surface area contributed by atoms with Crippen molar-refractivity contribution in [2.75, 3.05) is 6.54 Å². The summed E-state index contributed by atoms with van der Waals surface area (Å²) >= 11 is 0. The van der Waals surface area contributed by atoms with E-state index in [1.807, 2.05) is 18.2 Å². The van der Waals surface area contributed by atoms with Gasteiger partial charge in [-0.25, -0.2) is 0 Å². The van der Waals surface area contributed by atoms with Crippen molar-refractivity contribution in [3.8, 4) is 11.8 Å². The van der Waals surface area contributed by atoms with Crippen LogP contribution in [0.2, 0.25) is 0 Å². The minimum atomic E-state index is 0.268. The normalized spacial score (nSPS) is 25.9. The Morgan fingerprint density at radius 2 is 1.95 bits per heavy atom. The number of ether oxygens (including phenoxy) is 2. The average Bonchev–Trinajstić information content (AvgIpc) is 2.43. The lowest BCUT2D eigenvalue weighted by Crippen LogP contribution is -2.34. The van der Waals surface area contributed by atoms with E-state index in [-0.39, 0.29) is 18.3 Å². The average molecular weight is 273 g/mol. The molecule has 0 saturated carbocycles. The molecule has 108 valence electrons. The second-order valence-electron chi connectivity index (χ2n) is 5.32. The molecule has 1 fully saturated rings. The first-order valence-corrected chi connectivity index (χ1v) is 7.23. The molecule has 2 rings (SSSR count). The maximum atomic E-state index is 6.05. The van der Waals surface area contributed by atoms with Crippen molar-refractivity contribution in [3.05, 3.63) is 35.4 Å². The molecule has 1 aromatic rings. The fraction of sp³-hybridized carbons (Fsp3) is 0.529. The summed E-state index contributed by atoms with van der Waals surface area (Å²) < 4.78 is 11.8. The quantitative estimate of drug-likeness (QED) is 0.860. The fourth-order valence-corrected chi connectivity index (χ4v) is 2.60. The third-order valence-electron chi connectivity index (χ3n) is 3.47. The van der Waals surface area contributed by atoms with Gasteiger partial charge in [0.25, 0.3) is 0 Å². The van der Waals surface area contributed by atoms with E-state index in [1.54, 1.807) is 0 Å². The van der Waals surface area contributed by atoms with Crippen molar-refractivity contribution in [2.24, 2.45) is 5.73 Å². The standard InChI is InChI=1S/C17H23NO2/c1-13-10-17(11-14(2)20-13)19-12-16-7-4-3-6-15(16)8-5-9-18/h3-4,6-7,13-14,17H,9-12,18H2,1-2H3. The van der Waals surface area contributed by atoms with Gasteiger partial charge >= 0.3 is 0 Å². The molecule has 1 aliphatic rings. The summed E-state index contributed by atoms with van der Waals surface area (Å²) in [5.74, 6) is 6.00. The number of nitrogens with two attached hydrogens (primary N) is 1. The van der Waals surface area contributed by atoms with Crippen molar-refractivity contribution in [2.45, 2.75) is 51.6 Å². The molecule has 3 nitrogen and oxygen atoms in total. The number of hydrogen-bond donors (Lipinski definition) is 1. The molecule has 3 heteroatoms. The number of benzene rings is 1. The largest absolute Gasteiger partial charge is 0.375 e. The van der Waals surface area contributed by atoms with Crippen LogP contribution in [0.5, 0.6) is 0 Å². The van der Waals surface area contributed by atoms with Gasteiger partial charge in [-0.2, -0.15) is 0 Å². The summed E-state index contributed by atoms with van der Waals surface area (Å²) in [5.41, 5.74) is 7.56. The van der Waals surface area contributed by atoms with Crippen LogP contribution in [0.4, 0.5) is 0 Å². The van der Waals surface area contributed by atoms with Crippen LogP contribution in [0.3, 0.4) is 0 Å². The molecule has 0 amide bonds. The van der Waals surface area contributed by atoms with Crippen LogP contribution in [-0.4, -0.2) is 24.9 Å². The van der Waals surface area contributed by atoms with Gasteiger partial charge < -0.3 is 15.2 Å². The Morgan fingerprint density at radius 1 is 1.25 bits per heavy atom. The second-order valence-corrected chi connectivity index (χ2v) is 5.32. The van der Waals surface area contributed by atoms with Crippen LogP contribution in [0.15, 0.2) is 24.3 Å². The van der Waals surface area contributed by atoms with Crippen LogP contribution in [0.1, 0.15) is 37.8 Å². The minimum absolute atomic E-state index is 0.268. The SMILES string of the molecule is CC1CC(OCc2ccccc2C#CCN)CC(C)O1. The summed E-state index contributed by atoms with van der Waals surface area (Å²) in [6.45, 7) is 5.18. The Labute approximate surface area is 121 Å². The highest BCUT2D eigenvalue weighted by atomic mass is 16.5. The summed E-state index contributed by atoms with van der Waals surface area (Å²) in [7, 11) is 0. The summed E-state index contributed by atoms with van der Waals surface area (Å²) in [6, 6.07) is 8.08. The molecule has 1 heterocycles. The Hall–Kier alpha value is -1.34. The molecule has 0 aromatic heterocycles. The molecule has 1 saturated heterocycles. The van der Waals surface area contributed by atoms with Gasteiger partial charge in [0, 0.05) is 5.56 Å². The molecule has 0 aliphatic carbocycles. The maximum Gasteiger partial charge on any atom is 0.0732 e. The summed E-state index contributed by atoms with van der Waals surface area (Å²) in [4.78, 5) is 0. The van der Waals surface area contributed by atoms with E-state index >= 15 is 0 Å². The zero-order valence-electron chi connectivity index (χ0n) is 12.3. The summed E-state index contributed by atoms with van der Waals surface area (Å²) in [6.07, 6.45) is 2.73. The van der Waals surface area contributed by atoms with E-state index < -0.39 is 0 Å². The second kappa shape index (κ2) is 7.44. The molecule has 20 heavy (non-hydrogen) atoms. The minimum Gasteiger partial charge on any atom is -0.375 e. The first-order chi connectivity index (χ1) is 9.69. The monoisotopic (exact) mass is 273 g/mol. The van der Waals surface area contributed by atoms with Gasteiger partial charge in [-0.15, -0.1) is 0 Å². The lowest BCUT2D eigenvalue weighted by Gasteiger charge is -2.32. The third kappa shape index (κ3) is 4.35. The fourth-order valence-electron chi connectivity index (χ4n) is 2.60. The Balaban J connectivity index is 1.97. The molecule has 1 aromatic carbocycles. The van der Waals surface area contributed by atoms with Gasteiger partial charge in [0.15, 0.2) is 0 Å². The highest BCUT2D eigenvalue weighted by Gasteiger charge is 2.24. The first-order valence-electron chi connectivity index (χ1n) is 7.23. The van der Waals surface area contributed by atoms with E-state index in [1.165, 1.54) is 0 Å². The van der Waals surface area contributed by atoms with Crippen molar-refractivity contribution < 1.29 is 9.47 Å². The molecule has 0 spiro atoms. The van der Waals surface area contributed by atoms with E-state index in [9.17, 15) is 0 Å². The Bertz CT molecular complexity index is 479. The molecule has 0 bridgehead atoms. The predicted octanol–water partition coefficient (Wildman–Crippen LogP) is 2.47. The van der Waals surface area contributed by atoms with E-state index in [4.69, 9.17) is 15.2 Å².